The summed E-state index contributed by atoms with van der Waals surface area (Å²) in [7, 11) is 0. The maximum absolute atomic E-state index is 8.28. The van der Waals surface area contributed by atoms with Gasteiger partial charge in [-0.3, -0.25) is 0 Å². The van der Waals surface area contributed by atoms with Gasteiger partial charge in [0.15, 0.2) is 0 Å². The molecule has 1 nitrogen and oxygen atoms in total. The van der Waals surface area contributed by atoms with Crippen LogP contribution < -0.4 is 0 Å². The Morgan fingerprint density at radius 1 is 1.46 bits per heavy atom. The maximum atomic E-state index is 8.28. The van der Waals surface area contributed by atoms with E-state index in [1.165, 1.54) is 12.0 Å². The SMILES string of the molecule is CC(C)=CCC[C@@H](C)C/C=C/C#N. The summed E-state index contributed by atoms with van der Waals surface area (Å²) in [6.07, 6.45) is 9.17. The van der Waals surface area contributed by atoms with Crippen molar-refractivity contribution in [3.05, 3.63) is 23.8 Å². The van der Waals surface area contributed by atoms with Crippen LogP contribution in [0, 0.1) is 17.2 Å². The Hall–Kier alpha value is -1.03. The summed E-state index contributed by atoms with van der Waals surface area (Å²) in [6, 6.07) is 2.00. The van der Waals surface area contributed by atoms with Crippen LogP contribution in [0.3, 0.4) is 0 Å². The predicted molar refractivity (Wildman–Crippen MR) is 57.2 cm³/mol. The van der Waals surface area contributed by atoms with Crippen LogP contribution in [0.15, 0.2) is 23.8 Å². The summed E-state index contributed by atoms with van der Waals surface area (Å²) in [5.41, 5.74) is 1.39. The number of hydrogen-bond acceptors (Lipinski definition) is 1. The molecule has 0 unspecified atom stereocenters. The van der Waals surface area contributed by atoms with E-state index >= 15 is 0 Å². The predicted octanol–water partition coefficient (Wildman–Crippen LogP) is 3.84. The van der Waals surface area contributed by atoms with Gasteiger partial charge in [-0.25, -0.2) is 0 Å². The number of nitrogens with zero attached hydrogens (tertiary/aromatic N) is 1. The van der Waals surface area contributed by atoms with E-state index < -0.39 is 0 Å². The second-order valence-electron chi connectivity index (χ2n) is 3.73. The fourth-order valence-electron chi connectivity index (χ4n) is 1.13. The van der Waals surface area contributed by atoms with Gasteiger partial charge in [0.1, 0.15) is 0 Å². The first-order chi connectivity index (χ1) is 6.16. The quantitative estimate of drug-likeness (QED) is 0.462. The van der Waals surface area contributed by atoms with E-state index in [9.17, 15) is 0 Å². The second kappa shape index (κ2) is 7.61. The maximum Gasteiger partial charge on any atom is 0.0908 e. The zero-order chi connectivity index (χ0) is 10.1. The lowest BCUT2D eigenvalue weighted by Crippen LogP contribution is -1.91. The molecule has 0 aromatic carbocycles. The second-order valence-corrected chi connectivity index (χ2v) is 3.73. The highest BCUT2D eigenvalue weighted by Crippen LogP contribution is 2.11. The molecule has 0 radical (unpaired) electrons. The Morgan fingerprint density at radius 2 is 2.15 bits per heavy atom. The van der Waals surface area contributed by atoms with Gasteiger partial charge < -0.3 is 0 Å². The molecule has 0 aromatic rings. The van der Waals surface area contributed by atoms with Crippen molar-refractivity contribution in [3.63, 3.8) is 0 Å². The molecule has 0 fully saturated rings. The van der Waals surface area contributed by atoms with Crippen LogP contribution in [-0.4, -0.2) is 0 Å². The zero-order valence-electron chi connectivity index (χ0n) is 8.88. The van der Waals surface area contributed by atoms with Gasteiger partial charge in [-0.1, -0.05) is 24.6 Å². The largest absolute Gasteiger partial charge is 0.193 e. The molecule has 0 rings (SSSR count). The molecule has 1 atom stereocenters. The van der Waals surface area contributed by atoms with Gasteiger partial charge in [0.05, 0.1) is 6.07 Å². The summed E-state index contributed by atoms with van der Waals surface area (Å²) in [5, 5.41) is 8.28. The Morgan fingerprint density at radius 3 is 2.69 bits per heavy atom. The molecule has 0 bridgehead atoms. The Labute approximate surface area is 81.8 Å². The lowest BCUT2D eigenvalue weighted by Gasteiger charge is -2.05. The molecule has 0 saturated carbocycles. The van der Waals surface area contributed by atoms with E-state index in [1.807, 2.05) is 12.1 Å². The van der Waals surface area contributed by atoms with Crippen LogP contribution in [0.5, 0.6) is 0 Å². The van der Waals surface area contributed by atoms with Crippen molar-refractivity contribution in [2.75, 3.05) is 0 Å². The summed E-state index contributed by atoms with van der Waals surface area (Å²) < 4.78 is 0. The minimum atomic E-state index is 0.681. The first-order valence-electron chi connectivity index (χ1n) is 4.84. The number of hydrogen-bond donors (Lipinski definition) is 0. The van der Waals surface area contributed by atoms with Gasteiger partial charge in [-0.15, -0.1) is 0 Å². The topological polar surface area (TPSA) is 23.8 Å². The first kappa shape index (κ1) is 12.0. The van der Waals surface area contributed by atoms with Crippen molar-refractivity contribution >= 4 is 0 Å². The minimum absolute atomic E-state index is 0.681. The molecular weight excluding hydrogens is 158 g/mol. The van der Waals surface area contributed by atoms with Gasteiger partial charge in [0.25, 0.3) is 0 Å². The fraction of sp³-hybridized carbons (Fsp3) is 0.583. The smallest absolute Gasteiger partial charge is 0.0908 e. The van der Waals surface area contributed by atoms with Gasteiger partial charge >= 0.3 is 0 Å². The molecule has 72 valence electrons. The van der Waals surface area contributed by atoms with Gasteiger partial charge in [-0.05, 0) is 39.0 Å². The molecule has 0 amide bonds. The highest BCUT2D eigenvalue weighted by molar-refractivity contribution is 5.01. The molecule has 0 aliphatic heterocycles. The van der Waals surface area contributed by atoms with Crippen molar-refractivity contribution in [1.82, 2.24) is 0 Å². The Kier molecular flexibility index (Phi) is 7.01. The summed E-state index contributed by atoms with van der Waals surface area (Å²) in [6.45, 7) is 6.47. The fourth-order valence-corrected chi connectivity index (χ4v) is 1.13. The van der Waals surface area contributed by atoms with Crippen LogP contribution in [-0.2, 0) is 0 Å². The van der Waals surface area contributed by atoms with Crippen molar-refractivity contribution in [2.45, 2.75) is 40.0 Å². The number of allylic oxidation sites excluding steroid dienone is 4. The van der Waals surface area contributed by atoms with Crippen LogP contribution in [0.25, 0.3) is 0 Å². The van der Waals surface area contributed by atoms with Gasteiger partial charge in [0.2, 0.25) is 0 Å². The van der Waals surface area contributed by atoms with Crippen molar-refractivity contribution in [2.24, 2.45) is 5.92 Å². The molecule has 0 aliphatic carbocycles. The van der Waals surface area contributed by atoms with E-state index in [0.29, 0.717) is 5.92 Å². The molecule has 13 heavy (non-hydrogen) atoms. The van der Waals surface area contributed by atoms with Crippen molar-refractivity contribution < 1.29 is 0 Å². The third-order valence-corrected chi connectivity index (χ3v) is 1.94. The third-order valence-electron chi connectivity index (χ3n) is 1.94. The van der Waals surface area contributed by atoms with Crippen LogP contribution in [0.4, 0.5) is 0 Å². The van der Waals surface area contributed by atoms with E-state index in [1.54, 1.807) is 6.08 Å². The number of rotatable bonds is 5. The lowest BCUT2D eigenvalue weighted by molar-refractivity contribution is 0.546. The van der Waals surface area contributed by atoms with Crippen molar-refractivity contribution in [1.29, 1.82) is 5.26 Å². The van der Waals surface area contributed by atoms with E-state index in [2.05, 4.69) is 26.8 Å². The summed E-state index contributed by atoms with van der Waals surface area (Å²) in [5.74, 6) is 0.681. The van der Waals surface area contributed by atoms with E-state index in [4.69, 9.17) is 5.26 Å². The zero-order valence-corrected chi connectivity index (χ0v) is 8.88. The molecule has 0 N–H and O–H groups in total. The highest BCUT2D eigenvalue weighted by atomic mass is 14.2. The molecule has 0 spiro atoms. The molecule has 1 heteroatoms. The monoisotopic (exact) mass is 177 g/mol. The molecule has 0 heterocycles. The van der Waals surface area contributed by atoms with Crippen LogP contribution >= 0.6 is 0 Å². The molecule has 0 aliphatic rings. The highest BCUT2D eigenvalue weighted by Gasteiger charge is 1.97. The average molecular weight is 177 g/mol. The Balaban J connectivity index is 3.53. The average Bonchev–Trinajstić information content (AvgIpc) is 2.04. The molecule has 0 aromatic heterocycles. The summed E-state index contributed by atoms with van der Waals surface area (Å²) >= 11 is 0. The normalized spacial score (nSPS) is 12.5. The third kappa shape index (κ3) is 8.88. The minimum Gasteiger partial charge on any atom is -0.193 e. The van der Waals surface area contributed by atoms with E-state index in [-0.39, 0.29) is 0 Å². The summed E-state index contributed by atoms with van der Waals surface area (Å²) in [4.78, 5) is 0. The number of nitriles is 1. The van der Waals surface area contributed by atoms with E-state index in [0.717, 1.165) is 12.8 Å². The standard InChI is InChI=1S/C12H19N/c1-11(2)7-6-9-12(3)8-4-5-10-13/h4-5,7,12H,6,8-9H2,1-3H3/b5-4+/t12-/m0/s1. The first-order valence-corrected chi connectivity index (χ1v) is 4.84. The van der Waals surface area contributed by atoms with Crippen molar-refractivity contribution in [3.8, 4) is 6.07 Å². The Bertz CT molecular complexity index is 214. The molecular formula is C12H19N. The van der Waals surface area contributed by atoms with Gasteiger partial charge in [-0.2, -0.15) is 5.26 Å². The van der Waals surface area contributed by atoms with Gasteiger partial charge in [0, 0.05) is 6.08 Å². The lowest BCUT2D eigenvalue weighted by atomic mass is 10.0. The van der Waals surface area contributed by atoms with Crippen LogP contribution in [0.2, 0.25) is 0 Å². The molecule has 0 saturated heterocycles. The van der Waals surface area contributed by atoms with Crippen LogP contribution in [0.1, 0.15) is 40.0 Å².